The van der Waals surface area contributed by atoms with E-state index in [0.717, 1.165) is 0 Å². The molecular formula is C12H10F3N3S. The SMILES string of the molecule is N#Cc1cccc2c1[nH]c(=S)n2CCCC(F)(F)F. The number of H-pyrrole nitrogens is 1. The number of rotatable bonds is 3. The van der Waals surface area contributed by atoms with Crippen LogP contribution in [0.4, 0.5) is 13.2 Å². The van der Waals surface area contributed by atoms with Gasteiger partial charge in [-0.15, -0.1) is 0 Å². The van der Waals surface area contributed by atoms with Gasteiger partial charge in [-0.2, -0.15) is 18.4 Å². The molecule has 0 bridgehead atoms. The number of hydrogen-bond acceptors (Lipinski definition) is 2. The Morgan fingerprint density at radius 2 is 2.11 bits per heavy atom. The number of nitrogens with one attached hydrogen (secondary N) is 1. The quantitative estimate of drug-likeness (QED) is 0.869. The zero-order chi connectivity index (χ0) is 14.0. The fourth-order valence-corrected chi connectivity index (χ4v) is 2.22. The van der Waals surface area contributed by atoms with Crippen molar-refractivity contribution >= 4 is 23.3 Å². The van der Waals surface area contributed by atoms with Crippen LogP contribution in [-0.2, 0) is 6.54 Å². The van der Waals surface area contributed by atoms with E-state index in [2.05, 4.69) is 4.98 Å². The number of nitrogens with zero attached hydrogens (tertiary/aromatic N) is 2. The van der Waals surface area contributed by atoms with E-state index in [1.165, 1.54) is 0 Å². The Hall–Kier alpha value is -1.81. The second-order valence-electron chi connectivity index (χ2n) is 4.11. The van der Waals surface area contributed by atoms with Crippen molar-refractivity contribution in [3.05, 3.63) is 28.5 Å². The molecule has 0 saturated heterocycles. The summed E-state index contributed by atoms with van der Waals surface area (Å²) in [5.74, 6) is 0. The Morgan fingerprint density at radius 3 is 2.74 bits per heavy atom. The molecule has 19 heavy (non-hydrogen) atoms. The number of halogens is 3. The van der Waals surface area contributed by atoms with Gasteiger partial charge in [0, 0.05) is 13.0 Å². The standard InChI is InChI=1S/C12H10F3N3S/c13-12(14,15)5-2-6-18-9-4-1-3-8(7-16)10(9)17-11(18)19/h1,3-4H,2,5-6H2,(H,17,19). The first-order valence-corrected chi connectivity index (χ1v) is 6.01. The summed E-state index contributed by atoms with van der Waals surface area (Å²) in [7, 11) is 0. The number of fused-ring (bicyclic) bond motifs is 1. The summed E-state index contributed by atoms with van der Waals surface area (Å²) >= 11 is 5.08. The molecule has 100 valence electrons. The van der Waals surface area contributed by atoms with Gasteiger partial charge in [-0.1, -0.05) is 6.07 Å². The van der Waals surface area contributed by atoms with E-state index >= 15 is 0 Å². The van der Waals surface area contributed by atoms with Crippen molar-refractivity contribution in [1.29, 1.82) is 5.26 Å². The molecule has 7 heteroatoms. The third-order valence-electron chi connectivity index (χ3n) is 2.77. The van der Waals surface area contributed by atoms with Gasteiger partial charge in [0.25, 0.3) is 0 Å². The molecule has 1 aromatic carbocycles. The average Bonchev–Trinajstić information content (AvgIpc) is 2.64. The normalized spacial score (nSPS) is 11.7. The summed E-state index contributed by atoms with van der Waals surface area (Å²) < 4.78 is 38.3. The maximum Gasteiger partial charge on any atom is 0.389 e. The first kappa shape index (κ1) is 13.6. The fourth-order valence-electron chi connectivity index (χ4n) is 1.93. The Bertz CT molecular complexity index is 691. The van der Waals surface area contributed by atoms with Crippen LogP contribution in [0.2, 0.25) is 0 Å². The van der Waals surface area contributed by atoms with Crippen LogP contribution in [-0.4, -0.2) is 15.7 Å². The Labute approximate surface area is 112 Å². The van der Waals surface area contributed by atoms with Crippen LogP contribution in [0, 0.1) is 16.1 Å². The van der Waals surface area contributed by atoms with Gasteiger partial charge in [0.15, 0.2) is 4.77 Å². The van der Waals surface area contributed by atoms with Gasteiger partial charge in [0.2, 0.25) is 0 Å². The highest BCUT2D eigenvalue weighted by molar-refractivity contribution is 7.71. The highest BCUT2D eigenvalue weighted by atomic mass is 32.1. The molecule has 0 fully saturated rings. The number of aryl methyl sites for hydroxylation is 1. The Morgan fingerprint density at radius 1 is 1.37 bits per heavy atom. The van der Waals surface area contributed by atoms with E-state index in [0.29, 0.717) is 21.4 Å². The second kappa shape index (κ2) is 5.05. The summed E-state index contributed by atoms with van der Waals surface area (Å²) in [5.41, 5.74) is 1.66. The molecule has 2 rings (SSSR count). The average molecular weight is 285 g/mol. The van der Waals surface area contributed by atoms with Gasteiger partial charge in [-0.3, -0.25) is 0 Å². The monoisotopic (exact) mass is 285 g/mol. The van der Waals surface area contributed by atoms with Crippen LogP contribution in [0.25, 0.3) is 11.0 Å². The molecule has 0 aliphatic heterocycles. The second-order valence-corrected chi connectivity index (χ2v) is 4.50. The van der Waals surface area contributed by atoms with Crippen molar-refractivity contribution in [2.45, 2.75) is 25.6 Å². The smallest absolute Gasteiger partial charge is 0.329 e. The lowest BCUT2D eigenvalue weighted by Gasteiger charge is -2.07. The third kappa shape index (κ3) is 2.96. The minimum atomic E-state index is -4.16. The highest BCUT2D eigenvalue weighted by Gasteiger charge is 2.26. The largest absolute Gasteiger partial charge is 0.389 e. The summed E-state index contributed by atoms with van der Waals surface area (Å²) in [6.45, 7) is 0.174. The molecule has 0 spiro atoms. The van der Waals surface area contributed by atoms with Gasteiger partial charge >= 0.3 is 6.18 Å². The summed E-state index contributed by atoms with van der Waals surface area (Å²) in [4.78, 5) is 2.87. The van der Waals surface area contributed by atoms with E-state index in [4.69, 9.17) is 17.5 Å². The van der Waals surface area contributed by atoms with Crippen LogP contribution in [0.1, 0.15) is 18.4 Å². The topological polar surface area (TPSA) is 44.5 Å². The molecule has 1 N–H and O–H groups in total. The van der Waals surface area contributed by atoms with Crippen LogP contribution in [0.15, 0.2) is 18.2 Å². The van der Waals surface area contributed by atoms with E-state index < -0.39 is 12.6 Å². The van der Waals surface area contributed by atoms with Crippen LogP contribution in [0.5, 0.6) is 0 Å². The fraction of sp³-hybridized carbons (Fsp3) is 0.333. The highest BCUT2D eigenvalue weighted by Crippen LogP contribution is 2.23. The number of aromatic amines is 1. The molecule has 2 aromatic rings. The van der Waals surface area contributed by atoms with Gasteiger partial charge < -0.3 is 9.55 Å². The van der Waals surface area contributed by atoms with Gasteiger partial charge in [-0.25, -0.2) is 0 Å². The Kier molecular flexibility index (Phi) is 3.62. The molecule has 0 saturated carbocycles. The van der Waals surface area contributed by atoms with Crippen molar-refractivity contribution < 1.29 is 13.2 Å². The van der Waals surface area contributed by atoms with Crippen molar-refractivity contribution in [3.8, 4) is 6.07 Å². The molecule has 1 aromatic heterocycles. The van der Waals surface area contributed by atoms with E-state index in [1.807, 2.05) is 6.07 Å². The van der Waals surface area contributed by atoms with Gasteiger partial charge in [0.1, 0.15) is 6.07 Å². The predicted octanol–water partition coefficient (Wildman–Crippen LogP) is 3.91. The van der Waals surface area contributed by atoms with Crippen molar-refractivity contribution in [3.63, 3.8) is 0 Å². The van der Waals surface area contributed by atoms with Crippen molar-refractivity contribution in [2.24, 2.45) is 0 Å². The third-order valence-corrected chi connectivity index (χ3v) is 3.10. The molecule has 0 radical (unpaired) electrons. The first-order valence-electron chi connectivity index (χ1n) is 5.61. The molecular weight excluding hydrogens is 275 g/mol. The van der Waals surface area contributed by atoms with E-state index in [9.17, 15) is 13.2 Å². The number of nitriles is 1. The zero-order valence-corrected chi connectivity index (χ0v) is 10.6. The number of imidazole rings is 1. The molecule has 0 amide bonds. The zero-order valence-electron chi connectivity index (χ0n) is 9.79. The van der Waals surface area contributed by atoms with Crippen molar-refractivity contribution in [2.75, 3.05) is 0 Å². The lowest BCUT2D eigenvalue weighted by molar-refractivity contribution is -0.135. The van der Waals surface area contributed by atoms with Gasteiger partial charge in [0.05, 0.1) is 16.6 Å². The molecule has 3 nitrogen and oxygen atoms in total. The number of benzene rings is 1. The number of hydrogen-bond donors (Lipinski definition) is 1. The van der Waals surface area contributed by atoms with Crippen LogP contribution < -0.4 is 0 Å². The lowest BCUT2D eigenvalue weighted by Crippen LogP contribution is -2.09. The number of alkyl halides is 3. The maximum absolute atomic E-state index is 12.1. The Balaban J connectivity index is 2.32. The minimum absolute atomic E-state index is 0.0401. The molecule has 1 heterocycles. The van der Waals surface area contributed by atoms with Crippen LogP contribution in [0.3, 0.4) is 0 Å². The maximum atomic E-state index is 12.1. The summed E-state index contributed by atoms with van der Waals surface area (Å²) in [5, 5.41) is 8.96. The van der Waals surface area contributed by atoms with Crippen LogP contribution >= 0.6 is 12.2 Å². The van der Waals surface area contributed by atoms with E-state index in [1.54, 1.807) is 22.8 Å². The molecule has 0 atom stereocenters. The number of aromatic nitrogens is 2. The van der Waals surface area contributed by atoms with Gasteiger partial charge in [-0.05, 0) is 30.8 Å². The molecule has 0 unspecified atom stereocenters. The predicted molar refractivity (Wildman–Crippen MR) is 67.1 cm³/mol. The van der Waals surface area contributed by atoms with E-state index in [-0.39, 0.29) is 13.0 Å². The lowest BCUT2D eigenvalue weighted by atomic mass is 10.2. The molecule has 0 aliphatic rings. The van der Waals surface area contributed by atoms with Crippen molar-refractivity contribution in [1.82, 2.24) is 9.55 Å². The number of para-hydroxylation sites is 1. The summed E-state index contributed by atoms with van der Waals surface area (Å²) in [6.07, 6.45) is -5.05. The molecule has 0 aliphatic carbocycles. The summed E-state index contributed by atoms with van der Waals surface area (Å²) in [6, 6.07) is 7.07. The minimum Gasteiger partial charge on any atom is -0.329 e. The first-order chi connectivity index (χ1) is 8.92.